The van der Waals surface area contributed by atoms with Crippen molar-refractivity contribution in [1.82, 2.24) is 14.8 Å². The summed E-state index contributed by atoms with van der Waals surface area (Å²) in [4.78, 5) is 26.8. The lowest BCUT2D eigenvalue weighted by molar-refractivity contribution is -0.135. The summed E-state index contributed by atoms with van der Waals surface area (Å²) in [5, 5.41) is 3.02. The van der Waals surface area contributed by atoms with Gasteiger partial charge in [0.1, 0.15) is 12.4 Å². The molecule has 1 N–H and O–H groups in total. The number of furan rings is 1. The topological polar surface area (TPSA) is 76.7 Å². The SMILES string of the molecule is CCCN(Cc1cccn1Cc1ccc(C(=O)NC(C)CCc2ccccc2)o1)C(=O)COC. The van der Waals surface area contributed by atoms with E-state index in [9.17, 15) is 9.59 Å². The molecule has 1 atom stereocenters. The minimum Gasteiger partial charge on any atom is -0.454 e. The van der Waals surface area contributed by atoms with Gasteiger partial charge in [-0.1, -0.05) is 37.3 Å². The number of amides is 2. The Hall–Kier alpha value is -3.32. The summed E-state index contributed by atoms with van der Waals surface area (Å²) in [6, 6.07) is 17.8. The van der Waals surface area contributed by atoms with Gasteiger partial charge in [-0.15, -0.1) is 0 Å². The van der Waals surface area contributed by atoms with Crippen LogP contribution < -0.4 is 5.32 Å². The molecule has 0 saturated carbocycles. The van der Waals surface area contributed by atoms with E-state index in [1.807, 2.05) is 61.0 Å². The summed E-state index contributed by atoms with van der Waals surface area (Å²) in [6.07, 6.45) is 4.58. The Bertz CT molecular complexity index is 1040. The van der Waals surface area contributed by atoms with E-state index in [1.54, 1.807) is 11.0 Å². The molecule has 2 aromatic heterocycles. The van der Waals surface area contributed by atoms with Crippen molar-refractivity contribution in [1.29, 1.82) is 0 Å². The standard InChI is InChI=1S/C27H35N3O4/c1-4-16-30(26(31)20-33-3)18-23-11-8-17-29(23)19-24-14-15-25(34-24)27(32)28-21(2)12-13-22-9-6-5-7-10-22/h5-11,14-15,17,21H,4,12-13,16,18-20H2,1-3H3,(H,28,32). The van der Waals surface area contributed by atoms with Crippen LogP contribution in [0.4, 0.5) is 0 Å². The largest absolute Gasteiger partial charge is 0.454 e. The van der Waals surface area contributed by atoms with Gasteiger partial charge in [-0.3, -0.25) is 9.59 Å². The molecule has 0 fully saturated rings. The molecule has 34 heavy (non-hydrogen) atoms. The predicted molar refractivity (Wildman–Crippen MR) is 132 cm³/mol. The number of ether oxygens (including phenoxy) is 1. The Kier molecular flexibility index (Phi) is 9.52. The van der Waals surface area contributed by atoms with Crippen LogP contribution in [-0.2, 0) is 29.0 Å². The van der Waals surface area contributed by atoms with Crippen LogP contribution in [0.2, 0.25) is 0 Å². The molecule has 0 saturated heterocycles. The normalized spacial score (nSPS) is 11.9. The molecule has 2 amide bonds. The summed E-state index contributed by atoms with van der Waals surface area (Å²) in [6.45, 7) is 5.77. The van der Waals surface area contributed by atoms with Crippen molar-refractivity contribution in [2.45, 2.75) is 52.2 Å². The van der Waals surface area contributed by atoms with Crippen LogP contribution in [0, 0.1) is 0 Å². The number of nitrogens with zero attached hydrogens (tertiary/aromatic N) is 2. The zero-order chi connectivity index (χ0) is 24.3. The van der Waals surface area contributed by atoms with Crippen LogP contribution in [-0.4, -0.2) is 47.6 Å². The number of nitrogens with one attached hydrogen (secondary N) is 1. The molecule has 182 valence electrons. The Balaban J connectivity index is 1.56. The third-order valence-electron chi connectivity index (χ3n) is 5.69. The van der Waals surface area contributed by atoms with Crippen LogP contribution in [0.25, 0.3) is 0 Å². The first-order chi connectivity index (χ1) is 16.5. The molecule has 3 rings (SSSR count). The molecule has 7 nitrogen and oxygen atoms in total. The maximum atomic E-state index is 12.6. The fourth-order valence-corrected chi connectivity index (χ4v) is 3.87. The lowest BCUT2D eigenvalue weighted by Gasteiger charge is -2.22. The van der Waals surface area contributed by atoms with Crippen LogP contribution in [0.1, 0.15) is 54.3 Å². The number of carbonyl (C=O) groups is 2. The molecule has 0 radical (unpaired) electrons. The summed E-state index contributed by atoms with van der Waals surface area (Å²) in [5.41, 5.74) is 2.25. The molecule has 0 spiro atoms. The first-order valence-corrected chi connectivity index (χ1v) is 11.8. The van der Waals surface area contributed by atoms with Gasteiger partial charge in [0.25, 0.3) is 5.91 Å². The highest BCUT2D eigenvalue weighted by Gasteiger charge is 2.17. The maximum Gasteiger partial charge on any atom is 0.287 e. The summed E-state index contributed by atoms with van der Waals surface area (Å²) >= 11 is 0. The summed E-state index contributed by atoms with van der Waals surface area (Å²) in [7, 11) is 1.53. The fraction of sp³-hybridized carbons (Fsp3) is 0.407. The van der Waals surface area contributed by atoms with Gasteiger partial charge in [0.05, 0.1) is 13.1 Å². The first-order valence-electron chi connectivity index (χ1n) is 11.8. The van der Waals surface area contributed by atoms with Gasteiger partial charge < -0.3 is 23.9 Å². The molecule has 0 bridgehead atoms. The summed E-state index contributed by atoms with van der Waals surface area (Å²) < 4.78 is 12.9. The van der Waals surface area contributed by atoms with Crippen LogP contribution >= 0.6 is 0 Å². The Labute approximate surface area is 201 Å². The zero-order valence-corrected chi connectivity index (χ0v) is 20.3. The van der Waals surface area contributed by atoms with Crippen LogP contribution in [0.15, 0.2) is 65.2 Å². The van der Waals surface area contributed by atoms with Gasteiger partial charge in [0.2, 0.25) is 5.91 Å². The number of aromatic nitrogens is 1. The predicted octanol–water partition coefficient (Wildman–Crippen LogP) is 4.27. The average Bonchev–Trinajstić information content (AvgIpc) is 3.48. The minimum absolute atomic E-state index is 0.0320. The first kappa shape index (κ1) is 25.3. The van der Waals surface area contributed by atoms with Crippen molar-refractivity contribution in [3.8, 4) is 0 Å². The van der Waals surface area contributed by atoms with E-state index in [4.69, 9.17) is 9.15 Å². The second kappa shape index (κ2) is 12.8. The van der Waals surface area contributed by atoms with Gasteiger partial charge in [-0.05, 0) is 56.0 Å². The van der Waals surface area contributed by atoms with Crippen molar-refractivity contribution < 1.29 is 18.7 Å². The van der Waals surface area contributed by atoms with E-state index in [2.05, 4.69) is 17.4 Å². The monoisotopic (exact) mass is 465 g/mol. The lowest BCUT2D eigenvalue weighted by Crippen LogP contribution is -2.34. The molecule has 0 aliphatic heterocycles. The van der Waals surface area contributed by atoms with Crippen LogP contribution in [0.3, 0.4) is 0 Å². The summed E-state index contributed by atoms with van der Waals surface area (Å²) in [5.74, 6) is 0.747. The minimum atomic E-state index is -0.209. The highest BCUT2D eigenvalue weighted by atomic mass is 16.5. The quantitative estimate of drug-likeness (QED) is 0.409. The molecule has 1 unspecified atom stereocenters. The van der Waals surface area contributed by atoms with E-state index < -0.39 is 0 Å². The number of carbonyl (C=O) groups excluding carboxylic acids is 2. The van der Waals surface area contributed by atoms with E-state index >= 15 is 0 Å². The van der Waals surface area contributed by atoms with E-state index in [1.165, 1.54) is 12.7 Å². The van der Waals surface area contributed by atoms with Crippen molar-refractivity contribution in [3.05, 3.63) is 83.6 Å². The van der Waals surface area contributed by atoms with Gasteiger partial charge in [0, 0.05) is 31.6 Å². The highest BCUT2D eigenvalue weighted by Crippen LogP contribution is 2.15. The van der Waals surface area contributed by atoms with Crippen molar-refractivity contribution in [2.24, 2.45) is 0 Å². The number of methoxy groups -OCH3 is 1. The van der Waals surface area contributed by atoms with Crippen LogP contribution in [0.5, 0.6) is 0 Å². The van der Waals surface area contributed by atoms with Crippen molar-refractivity contribution in [2.75, 3.05) is 20.3 Å². The number of benzene rings is 1. The number of hydrogen-bond donors (Lipinski definition) is 1. The lowest BCUT2D eigenvalue weighted by atomic mass is 10.1. The third kappa shape index (κ3) is 7.35. The van der Waals surface area contributed by atoms with Gasteiger partial charge >= 0.3 is 0 Å². The zero-order valence-electron chi connectivity index (χ0n) is 20.3. The van der Waals surface area contributed by atoms with Gasteiger partial charge in [-0.2, -0.15) is 0 Å². The Morgan fingerprint density at radius 3 is 2.65 bits per heavy atom. The van der Waals surface area contributed by atoms with Crippen molar-refractivity contribution in [3.63, 3.8) is 0 Å². The number of hydrogen-bond acceptors (Lipinski definition) is 4. The average molecular weight is 466 g/mol. The van der Waals surface area contributed by atoms with E-state index in [0.717, 1.165) is 25.0 Å². The molecular weight excluding hydrogens is 430 g/mol. The highest BCUT2D eigenvalue weighted by molar-refractivity contribution is 5.91. The second-order valence-corrected chi connectivity index (χ2v) is 8.54. The van der Waals surface area contributed by atoms with E-state index in [0.29, 0.717) is 31.2 Å². The van der Waals surface area contributed by atoms with E-state index in [-0.39, 0.29) is 24.5 Å². The molecule has 0 aliphatic rings. The molecular formula is C27H35N3O4. The molecule has 0 aliphatic carbocycles. The molecule has 7 heteroatoms. The van der Waals surface area contributed by atoms with Gasteiger partial charge in [-0.25, -0.2) is 0 Å². The Morgan fingerprint density at radius 1 is 1.12 bits per heavy atom. The Morgan fingerprint density at radius 2 is 1.91 bits per heavy atom. The third-order valence-corrected chi connectivity index (χ3v) is 5.69. The molecule has 1 aromatic carbocycles. The smallest absolute Gasteiger partial charge is 0.287 e. The molecule has 2 heterocycles. The number of aryl methyl sites for hydroxylation is 1. The van der Waals surface area contributed by atoms with Crippen molar-refractivity contribution >= 4 is 11.8 Å². The molecule has 3 aromatic rings. The second-order valence-electron chi connectivity index (χ2n) is 8.54. The van der Waals surface area contributed by atoms with Gasteiger partial charge in [0.15, 0.2) is 5.76 Å². The number of rotatable bonds is 13. The maximum absolute atomic E-state index is 12.6. The fourth-order valence-electron chi connectivity index (χ4n) is 3.87.